The van der Waals surface area contributed by atoms with Crippen LogP contribution < -0.4 is 5.32 Å². The summed E-state index contributed by atoms with van der Waals surface area (Å²) in [6.45, 7) is 3.59. The number of carbonyl (C=O) groups excluding carboxylic acids is 1. The molecule has 1 amide bonds. The Morgan fingerprint density at radius 3 is 2.64 bits per heavy atom. The van der Waals surface area contributed by atoms with Crippen LogP contribution >= 0.6 is 11.3 Å². The summed E-state index contributed by atoms with van der Waals surface area (Å²) in [6.07, 6.45) is 3.66. The average molecular weight is 351 g/mol. The van der Waals surface area contributed by atoms with E-state index in [4.69, 9.17) is 4.98 Å². The lowest BCUT2D eigenvalue weighted by Gasteiger charge is -2.12. The average Bonchev–Trinajstić information content (AvgIpc) is 3.11. The van der Waals surface area contributed by atoms with Gasteiger partial charge in [-0.3, -0.25) is 9.78 Å². The number of hydrogen-bond acceptors (Lipinski definition) is 4. The first-order valence-corrected chi connectivity index (χ1v) is 9.23. The van der Waals surface area contributed by atoms with Gasteiger partial charge in [0.25, 0.3) is 0 Å². The van der Waals surface area contributed by atoms with E-state index in [0.717, 1.165) is 34.8 Å². The molecule has 3 rings (SSSR count). The zero-order valence-corrected chi connectivity index (χ0v) is 15.2. The second-order valence-corrected chi connectivity index (χ2v) is 6.95. The fourth-order valence-electron chi connectivity index (χ4n) is 2.66. The first-order chi connectivity index (χ1) is 12.1. The summed E-state index contributed by atoms with van der Waals surface area (Å²) in [7, 11) is 0. The van der Waals surface area contributed by atoms with Crippen molar-refractivity contribution in [3.05, 3.63) is 59.6 Å². The maximum absolute atomic E-state index is 11.0. The van der Waals surface area contributed by atoms with Crippen molar-refractivity contribution in [2.75, 3.05) is 0 Å². The molecule has 1 N–H and O–H groups in total. The molecular formula is C20H21N3OS. The van der Waals surface area contributed by atoms with Gasteiger partial charge in [0.05, 0.1) is 11.4 Å². The predicted octanol–water partition coefficient (Wildman–Crippen LogP) is 4.33. The monoisotopic (exact) mass is 351 g/mol. The summed E-state index contributed by atoms with van der Waals surface area (Å²) >= 11 is 1.61. The Morgan fingerprint density at radius 1 is 1.16 bits per heavy atom. The van der Waals surface area contributed by atoms with Crippen molar-refractivity contribution < 1.29 is 4.79 Å². The Morgan fingerprint density at radius 2 is 1.96 bits per heavy atom. The molecule has 5 heteroatoms. The molecule has 0 saturated heterocycles. The van der Waals surface area contributed by atoms with Crippen LogP contribution in [-0.4, -0.2) is 21.9 Å². The summed E-state index contributed by atoms with van der Waals surface area (Å²) < 4.78 is 0. The van der Waals surface area contributed by atoms with Crippen LogP contribution in [0.15, 0.2) is 54.0 Å². The zero-order valence-electron chi connectivity index (χ0n) is 14.4. The lowest BCUT2D eigenvalue weighted by atomic mass is 10.0. The van der Waals surface area contributed by atoms with Gasteiger partial charge >= 0.3 is 0 Å². The van der Waals surface area contributed by atoms with E-state index >= 15 is 0 Å². The van der Waals surface area contributed by atoms with Gasteiger partial charge < -0.3 is 5.32 Å². The topological polar surface area (TPSA) is 54.9 Å². The van der Waals surface area contributed by atoms with Crippen LogP contribution in [0.3, 0.4) is 0 Å². The number of nitrogens with one attached hydrogen (secondary N) is 1. The summed E-state index contributed by atoms with van der Waals surface area (Å²) in [4.78, 5) is 20.1. The summed E-state index contributed by atoms with van der Waals surface area (Å²) in [5, 5.41) is 5.92. The highest BCUT2D eigenvalue weighted by Gasteiger charge is 2.08. The number of nitrogens with zero attached hydrogens (tertiary/aromatic N) is 2. The highest BCUT2D eigenvalue weighted by atomic mass is 32.1. The number of benzene rings is 1. The van der Waals surface area contributed by atoms with E-state index in [9.17, 15) is 4.79 Å². The fraction of sp³-hybridized carbons (Fsp3) is 0.250. The van der Waals surface area contributed by atoms with Crippen LogP contribution in [0.1, 0.15) is 25.8 Å². The molecule has 2 heterocycles. The molecule has 4 nitrogen and oxygen atoms in total. The van der Waals surface area contributed by atoms with Gasteiger partial charge in [-0.15, -0.1) is 11.3 Å². The Balaban J connectivity index is 1.65. The third kappa shape index (κ3) is 4.73. The van der Waals surface area contributed by atoms with Crippen LogP contribution in [0.5, 0.6) is 0 Å². The number of hydrogen-bond donors (Lipinski definition) is 1. The second-order valence-electron chi connectivity index (χ2n) is 6.09. The van der Waals surface area contributed by atoms with Crippen molar-refractivity contribution in [1.29, 1.82) is 0 Å². The first-order valence-electron chi connectivity index (χ1n) is 8.35. The summed E-state index contributed by atoms with van der Waals surface area (Å²) in [5.41, 5.74) is 4.25. The molecule has 1 atom stereocenters. The molecule has 128 valence electrons. The smallest absolute Gasteiger partial charge is 0.217 e. The highest BCUT2D eigenvalue weighted by molar-refractivity contribution is 7.13. The molecule has 0 spiro atoms. The summed E-state index contributed by atoms with van der Waals surface area (Å²) in [6, 6.07) is 14.5. The van der Waals surface area contributed by atoms with Gasteiger partial charge in [-0.1, -0.05) is 30.3 Å². The number of rotatable bonds is 6. The molecule has 0 saturated carbocycles. The lowest BCUT2D eigenvalue weighted by Crippen LogP contribution is -2.30. The van der Waals surface area contributed by atoms with Crippen LogP contribution in [-0.2, 0) is 11.2 Å². The van der Waals surface area contributed by atoms with Gasteiger partial charge in [-0.25, -0.2) is 4.98 Å². The Kier molecular flexibility index (Phi) is 5.56. The molecule has 0 unspecified atom stereocenters. The lowest BCUT2D eigenvalue weighted by molar-refractivity contribution is -0.119. The molecule has 0 radical (unpaired) electrons. The number of aromatic nitrogens is 2. The number of pyridine rings is 1. The highest BCUT2D eigenvalue weighted by Crippen LogP contribution is 2.27. The van der Waals surface area contributed by atoms with E-state index in [0.29, 0.717) is 0 Å². The largest absolute Gasteiger partial charge is 0.354 e. The minimum atomic E-state index is 0.0232. The quantitative estimate of drug-likeness (QED) is 0.719. The van der Waals surface area contributed by atoms with Gasteiger partial charge in [0, 0.05) is 30.1 Å². The van der Waals surface area contributed by atoms with Gasteiger partial charge in [-0.2, -0.15) is 0 Å². The van der Waals surface area contributed by atoms with Crippen molar-refractivity contribution in [3.8, 4) is 22.0 Å². The van der Waals surface area contributed by atoms with Crippen LogP contribution in [0.4, 0.5) is 0 Å². The van der Waals surface area contributed by atoms with Crippen molar-refractivity contribution >= 4 is 17.2 Å². The number of amides is 1. The van der Waals surface area contributed by atoms with E-state index in [1.165, 1.54) is 5.56 Å². The Labute approximate surface area is 152 Å². The van der Waals surface area contributed by atoms with E-state index in [-0.39, 0.29) is 11.9 Å². The molecule has 0 aliphatic heterocycles. The predicted molar refractivity (Wildman–Crippen MR) is 102 cm³/mol. The molecule has 25 heavy (non-hydrogen) atoms. The van der Waals surface area contributed by atoms with E-state index in [2.05, 4.69) is 39.9 Å². The first kappa shape index (κ1) is 17.3. The molecule has 2 aromatic heterocycles. The summed E-state index contributed by atoms with van der Waals surface area (Å²) in [5.74, 6) is 0.0232. The molecule has 0 bridgehead atoms. The van der Waals surface area contributed by atoms with E-state index in [1.54, 1.807) is 24.5 Å². The normalized spacial score (nSPS) is 11.9. The molecule has 3 aromatic rings. The molecule has 0 aliphatic carbocycles. The Hall–Kier alpha value is -2.53. The van der Waals surface area contributed by atoms with Crippen molar-refractivity contribution in [1.82, 2.24) is 15.3 Å². The maximum Gasteiger partial charge on any atom is 0.217 e. The van der Waals surface area contributed by atoms with Crippen molar-refractivity contribution in [2.24, 2.45) is 0 Å². The molecule has 1 aromatic carbocycles. The molecule has 0 fully saturated rings. The number of carbonyl (C=O) groups is 1. The Bertz CT molecular complexity index is 828. The minimum absolute atomic E-state index is 0.0232. The van der Waals surface area contributed by atoms with Crippen LogP contribution in [0.2, 0.25) is 0 Å². The van der Waals surface area contributed by atoms with E-state index in [1.807, 2.05) is 25.1 Å². The number of thiazole rings is 1. The molecule has 0 aliphatic rings. The minimum Gasteiger partial charge on any atom is -0.354 e. The van der Waals surface area contributed by atoms with Gasteiger partial charge in [0.2, 0.25) is 5.91 Å². The zero-order chi connectivity index (χ0) is 17.6. The van der Waals surface area contributed by atoms with Gasteiger partial charge in [-0.05, 0) is 37.5 Å². The van der Waals surface area contributed by atoms with Gasteiger partial charge in [0.15, 0.2) is 0 Å². The standard InChI is InChI=1S/C20H21N3OS/c1-14(22-15(2)24)6-7-16-8-10-17(11-9-16)19-13-25-20(23-19)18-5-3-4-12-21-18/h3-5,8-14H,6-7H2,1-2H3,(H,22,24)/t14-/m1/s1. The third-order valence-electron chi connectivity index (χ3n) is 3.95. The van der Waals surface area contributed by atoms with Crippen LogP contribution in [0, 0.1) is 0 Å². The van der Waals surface area contributed by atoms with Crippen molar-refractivity contribution in [2.45, 2.75) is 32.7 Å². The SMILES string of the molecule is CC(=O)N[C@H](C)CCc1ccc(-c2csc(-c3ccccn3)n2)cc1. The second kappa shape index (κ2) is 8.03. The third-order valence-corrected chi connectivity index (χ3v) is 4.82. The van der Waals surface area contributed by atoms with Crippen molar-refractivity contribution in [3.63, 3.8) is 0 Å². The van der Waals surface area contributed by atoms with Crippen LogP contribution in [0.25, 0.3) is 22.0 Å². The molecular weight excluding hydrogens is 330 g/mol. The van der Waals surface area contributed by atoms with Gasteiger partial charge in [0.1, 0.15) is 5.01 Å². The number of aryl methyl sites for hydroxylation is 1. The maximum atomic E-state index is 11.0. The van der Waals surface area contributed by atoms with E-state index < -0.39 is 0 Å². The fourth-order valence-corrected chi connectivity index (χ4v) is 3.46.